The minimum atomic E-state index is 0.133. The number of Topliss-reactive ketones (excluding diaryl/α,β-unsaturated/α-hetero) is 1. The highest BCUT2D eigenvalue weighted by Gasteiger charge is 2.18. The zero-order valence-corrected chi connectivity index (χ0v) is 10.9. The maximum Gasteiger partial charge on any atom is 0.164 e. The fraction of sp³-hybridized carbons (Fsp3) is 0.500. The largest absolute Gasteiger partial charge is 0.496 e. The number of aryl methyl sites for hydroxylation is 1. The smallest absolute Gasteiger partial charge is 0.164 e. The highest BCUT2D eigenvalue weighted by atomic mass is 16.5. The molecule has 1 fully saturated rings. The molecule has 98 valence electrons. The third-order valence-corrected chi connectivity index (χ3v) is 3.15. The normalized spacial score (nSPS) is 19.6. The molecule has 1 atom stereocenters. The number of ketones is 1. The van der Waals surface area contributed by atoms with Gasteiger partial charge >= 0.3 is 0 Å². The molecule has 18 heavy (non-hydrogen) atoms. The lowest BCUT2D eigenvalue weighted by atomic mass is 10.0. The molecule has 1 saturated heterocycles. The molecule has 0 aliphatic carbocycles. The van der Waals surface area contributed by atoms with Crippen LogP contribution in [0.2, 0.25) is 0 Å². The average molecular weight is 249 g/mol. The molecule has 0 aromatic heterocycles. The molecule has 1 N–H and O–H groups in total. The molecular weight excluding hydrogens is 230 g/mol. The van der Waals surface area contributed by atoms with Gasteiger partial charge in [0.1, 0.15) is 5.75 Å². The second-order valence-electron chi connectivity index (χ2n) is 4.54. The molecule has 1 aliphatic heterocycles. The van der Waals surface area contributed by atoms with Gasteiger partial charge in [-0.15, -0.1) is 0 Å². The molecule has 1 aromatic rings. The summed E-state index contributed by atoms with van der Waals surface area (Å²) in [4.78, 5) is 12.1. The van der Waals surface area contributed by atoms with Gasteiger partial charge in [0.15, 0.2) is 5.78 Å². The average Bonchev–Trinajstić information content (AvgIpc) is 2.39. The van der Waals surface area contributed by atoms with Crippen LogP contribution in [0.15, 0.2) is 18.2 Å². The Labute approximate surface area is 107 Å². The standard InChI is InChI=1S/C14H19NO3/c1-10-7-11(3-4-14(10)17-2)13(16)8-12-9-18-6-5-15-12/h3-4,7,12,15H,5-6,8-9H2,1-2H3. The van der Waals surface area contributed by atoms with Crippen LogP contribution < -0.4 is 10.1 Å². The predicted molar refractivity (Wildman–Crippen MR) is 69.3 cm³/mol. The quantitative estimate of drug-likeness (QED) is 0.823. The lowest BCUT2D eigenvalue weighted by molar-refractivity contribution is 0.0676. The number of ether oxygens (including phenoxy) is 2. The summed E-state index contributed by atoms with van der Waals surface area (Å²) in [6.07, 6.45) is 0.478. The predicted octanol–water partition coefficient (Wildman–Crippen LogP) is 1.56. The van der Waals surface area contributed by atoms with Crippen LogP contribution in [0.4, 0.5) is 0 Å². The summed E-state index contributed by atoms with van der Waals surface area (Å²) in [6.45, 7) is 4.10. The number of benzene rings is 1. The fourth-order valence-electron chi connectivity index (χ4n) is 2.14. The molecular formula is C14H19NO3. The van der Waals surface area contributed by atoms with Gasteiger partial charge in [-0.05, 0) is 30.7 Å². The van der Waals surface area contributed by atoms with E-state index in [0.29, 0.717) is 13.0 Å². The summed E-state index contributed by atoms with van der Waals surface area (Å²) >= 11 is 0. The Hall–Kier alpha value is -1.39. The van der Waals surface area contributed by atoms with Crippen LogP contribution in [0.1, 0.15) is 22.3 Å². The fourth-order valence-corrected chi connectivity index (χ4v) is 2.14. The minimum absolute atomic E-state index is 0.133. The second kappa shape index (κ2) is 5.98. The molecule has 1 aliphatic rings. The first kappa shape index (κ1) is 13.1. The Balaban J connectivity index is 2.01. The van der Waals surface area contributed by atoms with Crippen molar-refractivity contribution in [1.82, 2.24) is 5.32 Å². The summed E-state index contributed by atoms with van der Waals surface area (Å²) in [6, 6.07) is 5.67. The molecule has 4 nitrogen and oxygen atoms in total. The summed E-state index contributed by atoms with van der Waals surface area (Å²) in [5, 5.41) is 3.29. The van der Waals surface area contributed by atoms with E-state index in [1.165, 1.54) is 0 Å². The van der Waals surface area contributed by atoms with Crippen molar-refractivity contribution in [2.45, 2.75) is 19.4 Å². The van der Waals surface area contributed by atoms with Crippen LogP contribution in [-0.2, 0) is 4.74 Å². The summed E-state index contributed by atoms with van der Waals surface area (Å²) in [5.41, 5.74) is 1.72. The molecule has 0 amide bonds. The first-order valence-corrected chi connectivity index (χ1v) is 6.19. The van der Waals surface area contributed by atoms with Crippen LogP contribution in [0, 0.1) is 6.92 Å². The van der Waals surface area contributed by atoms with Crippen molar-refractivity contribution in [3.63, 3.8) is 0 Å². The number of morpholine rings is 1. The third kappa shape index (κ3) is 3.09. The lowest BCUT2D eigenvalue weighted by Gasteiger charge is -2.23. The molecule has 4 heteroatoms. The second-order valence-corrected chi connectivity index (χ2v) is 4.54. The maximum atomic E-state index is 12.1. The van der Waals surface area contributed by atoms with Crippen molar-refractivity contribution in [3.05, 3.63) is 29.3 Å². The van der Waals surface area contributed by atoms with Crippen molar-refractivity contribution in [2.24, 2.45) is 0 Å². The first-order chi connectivity index (χ1) is 8.70. The van der Waals surface area contributed by atoms with E-state index in [1.807, 2.05) is 25.1 Å². The molecule has 0 radical (unpaired) electrons. The van der Waals surface area contributed by atoms with Gasteiger partial charge in [0.2, 0.25) is 0 Å². The SMILES string of the molecule is COc1ccc(C(=O)CC2COCCN2)cc1C. The lowest BCUT2D eigenvalue weighted by Crippen LogP contribution is -2.42. The molecule has 2 rings (SSSR count). The van der Waals surface area contributed by atoms with Gasteiger partial charge in [0.25, 0.3) is 0 Å². The Bertz CT molecular complexity index is 425. The zero-order valence-electron chi connectivity index (χ0n) is 10.9. The van der Waals surface area contributed by atoms with E-state index in [-0.39, 0.29) is 11.8 Å². The summed E-state index contributed by atoms with van der Waals surface area (Å²) in [5.74, 6) is 0.953. The van der Waals surface area contributed by atoms with Crippen LogP contribution >= 0.6 is 0 Å². The van der Waals surface area contributed by atoms with E-state index in [1.54, 1.807) is 7.11 Å². The summed E-state index contributed by atoms with van der Waals surface area (Å²) < 4.78 is 10.5. The number of nitrogens with one attached hydrogen (secondary N) is 1. The third-order valence-electron chi connectivity index (χ3n) is 3.15. The molecule has 1 unspecified atom stereocenters. The van der Waals surface area contributed by atoms with E-state index >= 15 is 0 Å². The van der Waals surface area contributed by atoms with Gasteiger partial charge < -0.3 is 14.8 Å². The highest BCUT2D eigenvalue weighted by molar-refractivity contribution is 5.96. The van der Waals surface area contributed by atoms with Gasteiger partial charge in [0, 0.05) is 24.6 Å². The number of carbonyl (C=O) groups excluding carboxylic acids is 1. The van der Waals surface area contributed by atoms with Gasteiger partial charge in [-0.1, -0.05) is 0 Å². The van der Waals surface area contributed by atoms with E-state index in [2.05, 4.69) is 5.32 Å². The number of rotatable bonds is 4. The van der Waals surface area contributed by atoms with E-state index in [0.717, 1.165) is 30.0 Å². The van der Waals surface area contributed by atoms with Gasteiger partial charge in [0.05, 0.1) is 20.3 Å². The Morgan fingerprint density at radius 1 is 1.56 bits per heavy atom. The van der Waals surface area contributed by atoms with Crippen molar-refractivity contribution in [3.8, 4) is 5.75 Å². The van der Waals surface area contributed by atoms with Crippen molar-refractivity contribution < 1.29 is 14.3 Å². The molecule has 1 aromatic carbocycles. The topological polar surface area (TPSA) is 47.6 Å². The van der Waals surface area contributed by atoms with Crippen LogP contribution in [-0.4, -0.2) is 38.7 Å². The van der Waals surface area contributed by atoms with E-state index in [4.69, 9.17) is 9.47 Å². The number of hydrogen-bond acceptors (Lipinski definition) is 4. The van der Waals surface area contributed by atoms with Crippen molar-refractivity contribution in [2.75, 3.05) is 26.9 Å². The van der Waals surface area contributed by atoms with Gasteiger partial charge in [-0.25, -0.2) is 0 Å². The minimum Gasteiger partial charge on any atom is -0.496 e. The Morgan fingerprint density at radius 3 is 3.00 bits per heavy atom. The first-order valence-electron chi connectivity index (χ1n) is 6.19. The van der Waals surface area contributed by atoms with Crippen LogP contribution in [0.25, 0.3) is 0 Å². The Morgan fingerprint density at radius 2 is 2.39 bits per heavy atom. The van der Waals surface area contributed by atoms with Gasteiger partial charge in [-0.3, -0.25) is 4.79 Å². The molecule has 0 saturated carbocycles. The molecule has 0 spiro atoms. The van der Waals surface area contributed by atoms with Crippen molar-refractivity contribution in [1.29, 1.82) is 0 Å². The summed E-state index contributed by atoms with van der Waals surface area (Å²) in [7, 11) is 1.63. The van der Waals surface area contributed by atoms with E-state index < -0.39 is 0 Å². The number of hydrogen-bond donors (Lipinski definition) is 1. The molecule has 0 bridgehead atoms. The van der Waals surface area contributed by atoms with Crippen molar-refractivity contribution >= 4 is 5.78 Å². The Kier molecular flexibility index (Phi) is 4.33. The highest BCUT2D eigenvalue weighted by Crippen LogP contribution is 2.19. The van der Waals surface area contributed by atoms with Crippen LogP contribution in [0.5, 0.6) is 5.75 Å². The molecule has 1 heterocycles. The maximum absolute atomic E-state index is 12.1. The monoisotopic (exact) mass is 249 g/mol. The number of methoxy groups -OCH3 is 1. The van der Waals surface area contributed by atoms with Crippen LogP contribution in [0.3, 0.4) is 0 Å². The van der Waals surface area contributed by atoms with Gasteiger partial charge in [-0.2, -0.15) is 0 Å². The zero-order chi connectivity index (χ0) is 13.0. The van der Waals surface area contributed by atoms with E-state index in [9.17, 15) is 4.79 Å². The number of carbonyl (C=O) groups is 1.